The standard InChI is InChI=1S/C22H29FN2O4S/c1-4-6-17-7-13-20(14-8-17)29-16-15-24-22(26)21(5-2)25(30(3,27)28)19-11-9-18(23)10-12-19/h7-14,21H,4-6,15-16H2,1-3H3,(H,24,26)/t21-/m0/s1. The highest BCUT2D eigenvalue weighted by Crippen LogP contribution is 2.22. The molecule has 0 bridgehead atoms. The van der Waals surface area contributed by atoms with Crippen LogP contribution in [-0.2, 0) is 21.2 Å². The number of carbonyl (C=O) groups excluding carboxylic acids is 1. The zero-order chi connectivity index (χ0) is 22.1. The molecule has 2 aromatic rings. The van der Waals surface area contributed by atoms with Crippen LogP contribution >= 0.6 is 0 Å². The zero-order valence-corrected chi connectivity index (χ0v) is 18.4. The van der Waals surface area contributed by atoms with Crippen molar-refractivity contribution in [2.75, 3.05) is 23.7 Å². The minimum absolute atomic E-state index is 0.229. The Labute approximate surface area is 178 Å². The van der Waals surface area contributed by atoms with Crippen LogP contribution in [0.2, 0.25) is 0 Å². The Kier molecular flexibility index (Phi) is 8.65. The fraction of sp³-hybridized carbons (Fsp3) is 0.409. The van der Waals surface area contributed by atoms with Crippen molar-refractivity contribution in [3.05, 3.63) is 59.9 Å². The number of aryl methyl sites for hydroxylation is 1. The van der Waals surface area contributed by atoms with Crippen LogP contribution in [0.4, 0.5) is 10.1 Å². The van der Waals surface area contributed by atoms with Crippen molar-refractivity contribution in [3.8, 4) is 5.75 Å². The molecule has 0 saturated carbocycles. The molecule has 1 amide bonds. The van der Waals surface area contributed by atoms with Gasteiger partial charge in [0, 0.05) is 0 Å². The maximum atomic E-state index is 13.2. The van der Waals surface area contributed by atoms with E-state index < -0.39 is 27.8 Å². The van der Waals surface area contributed by atoms with Crippen molar-refractivity contribution >= 4 is 21.6 Å². The first kappa shape index (κ1) is 23.7. The number of ether oxygens (including phenoxy) is 1. The molecular formula is C22H29FN2O4S. The Hall–Kier alpha value is -2.61. The van der Waals surface area contributed by atoms with Crippen LogP contribution in [0, 0.1) is 5.82 Å². The minimum atomic E-state index is -3.75. The second kappa shape index (κ2) is 11.0. The minimum Gasteiger partial charge on any atom is -0.492 e. The maximum absolute atomic E-state index is 13.2. The van der Waals surface area contributed by atoms with Crippen molar-refractivity contribution in [3.63, 3.8) is 0 Å². The molecule has 0 radical (unpaired) electrons. The van der Waals surface area contributed by atoms with Gasteiger partial charge in [0.05, 0.1) is 18.5 Å². The van der Waals surface area contributed by atoms with Gasteiger partial charge >= 0.3 is 0 Å². The van der Waals surface area contributed by atoms with Gasteiger partial charge in [-0.3, -0.25) is 9.10 Å². The van der Waals surface area contributed by atoms with Crippen LogP contribution in [0.1, 0.15) is 32.3 Å². The molecule has 1 atom stereocenters. The summed E-state index contributed by atoms with van der Waals surface area (Å²) >= 11 is 0. The number of nitrogens with zero attached hydrogens (tertiary/aromatic N) is 1. The fourth-order valence-corrected chi connectivity index (χ4v) is 4.36. The maximum Gasteiger partial charge on any atom is 0.244 e. The number of carbonyl (C=O) groups is 1. The van der Waals surface area contributed by atoms with E-state index in [2.05, 4.69) is 12.2 Å². The van der Waals surface area contributed by atoms with E-state index >= 15 is 0 Å². The van der Waals surface area contributed by atoms with Gasteiger partial charge < -0.3 is 10.1 Å². The molecule has 0 unspecified atom stereocenters. The molecule has 2 aromatic carbocycles. The van der Waals surface area contributed by atoms with Crippen LogP contribution in [0.5, 0.6) is 5.75 Å². The first-order chi connectivity index (χ1) is 14.3. The zero-order valence-electron chi connectivity index (χ0n) is 17.6. The highest BCUT2D eigenvalue weighted by molar-refractivity contribution is 7.92. The van der Waals surface area contributed by atoms with E-state index in [9.17, 15) is 17.6 Å². The van der Waals surface area contributed by atoms with Crippen LogP contribution in [0.15, 0.2) is 48.5 Å². The summed E-state index contributed by atoms with van der Waals surface area (Å²) in [5.41, 5.74) is 1.48. The third-order valence-electron chi connectivity index (χ3n) is 4.54. The number of sulfonamides is 1. The molecule has 0 aliphatic heterocycles. The summed E-state index contributed by atoms with van der Waals surface area (Å²) in [7, 11) is -3.75. The molecule has 0 aromatic heterocycles. The highest BCUT2D eigenvalue weighted by atomic mass is 32.2. The Morgan fingerprint density at radius 2 is 1.73 bits per heavy atom. The number of amides is 1. The molecule has 8 heteroatoms. The van der Waals surface area contributed by atoms with Crippen molar-refractivity contribution in [2.24, 2.45) is 0 Å². The Morgan fingerprint density at radius 1 is 1.10 bits per heavy atom. The second-order valence-corrected chi connectivity index (χ2v) is 8.85. The molecule has 0 aliphatic rings. The molecule has 0 heterocycles. The third-order valence-corrected chi connectivity index (χ3v) is 5.72. The van der Waals surface area contributed by atoms with E-state index in [1.54, 1.807) is 6.92 Å². The van der Waals surface area contributed by atoms with E-state index in [4.69, 9.17) is 4.74 Å². The number of benzene rings is 2. The van der Waals surface area contributed by atoms with Crippen LogP contribution < -0.4 is 14.4 Å². The Morgan fingerprint density at radius 3 is 2.27 bits per heavy atom. The summed E-state index contributed by atoms with van der Waals surface area (Å²) in [6.45, 7) is 4.33. The Bertz CT molecular complexity index is 915. The van der Waals surface area contributed by atoms with Crippen LogP contribution in [0.25, 0.3) is 0 Å². The van der Waals surface area contributed by atoms with E-state index in [0.717, 1.165) is 35.5 Å². The largest absolute Gasteiger partial charge is 0.492 e. The lowest BCUT2D eigenvalue weighted by Crippen LogP contribution is -2.50. The number of hydrogen-bond acceptors (Lipinski definition) is 4. The summed E-state index contributed by atoms with van der Waals surface area (Å²) in [5.74, 6) is -0.209. The van der Waals surface area contributed by atoms with Gasteiger partial charge in [-0.2, -0.15) is 0 Å². The first-order valence-corrected chi connectivity index (χ1v) is 11.9. The fourth-order valence-electron chi connectivity index (χ4n) is 3.15. The van der Waals surface area contributed by atoms with Crippen LogP contribution in [-0.4, -0.2) is 39.8 Å². The number of nitrogens with one attached hydrogen (secondary N) is 1. The third kappa shape index (κ3) is 6.73. The predicted octanol–water partition coefficient (Wildman–Crippen LogP) is 3.52. The smallest absolute Gasteiger partial charge is 0.244 e. The SMILES string of the molecule is CCCc1ccc(OCCNC(=O)[C@H](CC)N(c2ccc(F)cc2)S(C)(=O)=O)cc1. The van der Waals surface area contributed by atoms with Crippen molar-refractivity contribution in [1.82, 2.24) is 5.32 Å². The molecule has 1 N–H and O–H groups in total. The Balaban J connectivity index is 1.97. The average Bonchev–Trinajstić information content (AvgIpc) is 2.70. The van der Waals surface area contributed by atoms with Gasteiger partial charge in [0.2, 0.25) is 15.9 Å². The van der Waals surface area contributed by atoms with E-state index in [1.165, 1.54) is 17.7 Å². The molecule has 0 aliphatic carbocycles. The summed E-state index contributed by atoms with van der Waals surface area (Å²) < 4.78 is 44.6. The van der Waals surface area contributed by atoms with E-state index in [1.807, 2.05) is 24.3 Å². The van der Waals surface area contributed by atoms with Gasteiger partial charge in [0.15, 0.2) is 0 Å². The van der Waals surface area contributed by atoms with E-state index in [0.29, 0.717) is 5.75 Å². The lowest BCUT2D eigenvalue weighted by Gasteiger charge is -2.30. The monoisotopic (exact) mass is 436 g/mol. The van der Waals surface area contributed by atoms with Gasteiger partial charge in [-0.25, -0.2) is 12.8 Å². The molecule has 0 fully saturated rings. The number of hydrogen-bond donors (Lipinski definition) is 1. The normalized spacial score (nSPS) is 12.3. The number of anilines is 1. The predicted molar refractivity (Wildman–Crippen MR) is 117 cm³/mol. The molecule has 30 heavy (non-hydrogen) atoms. The van der Waals surface area contributed by atoms with Crippen LogP contribution in [0.3, 0.4) is 0 Å². The highest BCUT2D eigenvalue weighted by Gasteiger charge is 2.31. The van der Waals surface area contributed by atoms with Crippen molar-refractivity contribution in [1.29, 1.82) is 0 Å². The summed E-state index contributed by atoms with van der Waals surface area (Å²) in [6.07, 6.45) is 3.38. The topological polar surface area (TPSA) is 75.7 Å². The molecule has 2 rings (SSSR count). The lowest BCUT2D eigenvalue weighted by atomic mass is 10.1. The van der Waals surface area contributed by atoms with E-state index in [-0.39, 0.29) is 25.3 Å². The summed E-state index contributed by atoms with van der Waals surface area (Å²) in [5, 5.41) is 2.73. The summed E-state index contributed by atoms with van der Waals surface area (Å²) in [6, 6.07) is 11.9. The quantitative estimate of drug-likeness (QED) is 0.547. The number of halogens is 1. The van der Waals surface area contributed by atoms with Crippen molar-refractivity contribution < 1.29 is 22.3 Å². The lowest BCUT2D eigenvalue weighted by molar-refractivity contribution is -0.122. The molecule has 164 valence electrons. The van der Waals surface area contributed by atoms with Gasteiger partial charge in [0.25, 0.3) is 0 Å². The van der Waals surface area contributed by atoms with Gasteiger partial charge in [-0.15, -0.1) is 0 Å². The van der Waals surface area contributed by atoms with Gasteiger partial charge in [-0.1, -0.05) is 32.4 Å². The average molecular weight is 437 g/mol. The first-order valence-electron chi connectivity index (χ1n) is 10.0. The molecular weight excluding hydrogens is 407 g/mol. The molecule has 0 spiro atoms. The molecule has 6 nitrogen and oxygen atoms in total. The molecule has 0 saturated heterocycles. The summed E-state index contributed by atoms with van der Waals surface area (Å²) in [4.78, 5) is 12.7. The number of rotatable bonds is 11. The van der Waals surface area contributed by atoms with Gasteiger partial charge in [-0.05, 0) is 54.8 Å². The second-order valence-electron chi connectivity index (χ2n) is 6.99. The van der Waals surface area contributed by atoms with Gasteiger partial charge in [0.1, 0.15) is 24.2 Å². The van der Waals surface area contributed by atoms with Crippen molar-refractivity contribution in [2.45, 2.75) is 39.2 Å².